The largest absolute Gasteiger partial charge is 0.329 e. The van der Waals surface area contributed by atoms with Gasteiger partial charge in [0.25, 0.3) is 0 Å². The lowest BCUT2D eigenvalue weighted by atomic mass is 10.1. The number of rotatable bonds is 7. The second-order valence-corrected chi connectivity index (χ2v) is 6.39. The van der Waals surface area contributed by atoms with Crippen molar-refractivity contribution in [2.24, 2.45) is 11.7 Å². The fourth-order valence-corrected chi connectivity index (χ4v) is 3.38. The molecule has 1 aromatic rings. The minimum atomic E-state index is 0.795. The van der Waals surface area contributed by atoms with Crippen LogP contribution in [0.4, 0.5) is 0 Å². The molecule has 1 heterocycles. The van der Waals surface area contributed by atoms with Crippen LogP contribution in [0.2, 0.25) is 0 Å². The summed E-state index contributed by atoms with van der Waals surface area (Å²) in [6, 6.07) is 11.8. The first-order valence-electron chi connectivity index (χ1n) is 8.05. The highest BCUT2D eigenvalue weighted by molar-refractivity contribution is 5.15. The molecular formula is C17H27N3. The molecule has 0 spiro atoms. The van der Waals surface area contributed by atoms with Crippen molar-refractivity contribution in [2.75, 3.05) is 32.7 Å². The van der Waals surface area contributed by atoms with Crippen LogP contribution in [0, 0.1) is 5.92 Å². The highest BCUT2D eigenvalue weighted by Crippen LogP contribution is 2.30. The lowest BCUT2D eigenvalue weighted by molar-refractivity contribution is 0.210. The molecule has 0 amide bonds. The smallest absolute Gasteiger partial charge is 0.0236 e. The first-order chi connectivity index (χ1) is 9.85. The van der Waals surface area contributed by atoms with E-state index in [2.05, 4.69) is 40.1 Å². The van der Waals surface area contributed by atoms with E-state index in [1.165, 1.54) is 44.5 Å². The molecule has 0 aromatic heterocycles. The monoisotopic (exact) mass is 273 g/mol. The summed E-state index contributed by atoms with van der Waals surface area (Å²) in [5, 5.41) is 0. The van der Waals surface area contributed by atoms with Crippen LogP contribution in [-0.4, -0.2) is 48.6 Å². The molecule has 0 bridgehead atoms. The van der Waals surface area contributed by atoms with Crippen LogP contribution in [-0.2, 0) is 6.54 Å². The summed E-state index contributed by atoms with van der Waals surface area (Å²) in [6.45, 7) is 6.74. The van der Waals surface area contributed by atoms with Gasteiger partial charge in [0, 0.05) is 38.8 Å². The number of hydrogen-bond donors (Lipinski definition) is 1. The summed E-state index contributed by atoms with van der Waals surface area (Å²) in [5.74, 6) is 0.839. The van der Waals surface area contributed by atoms with Crippen molar-refractivity contribution >= 4 is 0 Å². The molecular weight excluding hydrogens is 246 g/mol. The predicted octanol–water partition coefficient (Wildman–Crippen LogP) is 1.93. The highest BCUT2D eigenvalue weighted by Gasteiger charge is 2.32. The lowest BCUT2D eigenvalue weighted by Gasteiger charge is -2.25. The first-order valence-corrected chi connectivity index (χ1v) is 8.05. The molecule has 110 valence electrons. The van der Waals surface area contributed by atoms with Gasteiger partial charge >= 0.3 is 0 Å². The number of likely N-dealkylation sites (tertiary alicyclic amines) is 1. The Hall–Kier alpha value is -0.900. The molecule has 0 radical (unpaired) electrons. The van der Waals surface area contributed by atoms with Crippen LogP contribution in [0.1, 0.15) is 24.8 Å². The maximum absolute atomic E-state index is 5.66. The molecule has 3 rings (SSSR count). The van der Waals surface area contributed by atoms with E-state index in [9.17, 15) is 0 Å². The average Bonchev–Trinajstić information content (AvgIpc) is 3.22. The Kier molecular flexibility index (Phi) is 4.71. The molecule has 1 unspecified atom stereocenters. The standard InChI is InChI=1S/C17H27N3/c18-9-11-19-10-8-16(12-19)14-20(17-6-7-17)13-15-4-2-1-3-5-15/h1-5,16-17H,6-14,18H2. The topological polar surface area (TPSA) is 32.5 Å². The van der Waals surface area contributed by atoms with Crippen molar-refractivity contribution in [3.05, 3.63) is 35.9 Å². The summed E-state index contributed by atoms with van der Waals surface area (Å²) in [7, 11) is 0. The second-order valence-electron chi connectivity index (χ2n) is 6.39. The summed E-state index contributed by atoms with van der Waals surface area (Å²) in [6.07, 6.45) is 4.14. The lowest BCUT2D eigenvalue weighted by Crippen LogP contribution is -2.33. The molecule has 20 heavy (non-hydrogen) atoms. The summed E-state index contributed by atoms with van der Waals surface area (Å²) < 4.78 is 0. The van der Waals surface area contributed by atoms with E-state index in [1.807, 2.05) is 0 Å². The van der Waals surface area contributed by atoms with Crippen molar-refractivity contribution in [1.29, 1.82) is 0 Å². The van der Waals surface area contributed by atoms with Gasteiger partial charge in [-0.15, -0.1) is 0 Å². The Morgan fingerprint density at radius 3 is 2.65 bits per heavy atom. The van der Waals surface area contributed by atoms with Gasteiger partial charge in [-0.3, -0.25) is 4.90 Å². The Balaban J connectivity index is 1.53. The summed E-state index contributed by atoms with van der Waals surface area (Å²) in [5.41, 5.74) is 7.12. The third-order valence-corrected chi connectivity index (χ3v) is 4.60. The third-order valence-electron chi connectivity index (χ3n) is 4.60. The SMILES string of the molecule is NCCN1CCC(CN(Cc2ccccc2)C2CC2)C1. The molecule has 1 aliphatic heterocycles. The molecule has 2 aliphatic rings. The zero-order valence-electron chi connectivity index (χ0n) is 12.4. The maximum atomic E-state index is 5.66. The van der Waals surface area contributed by atoms with Gasteiger partial charge < -0.3 is 10.6 Å². The molecule has 1 saturated carbocycles. The van der Waals surface area contributed by atoms with E-state index in [-0.39, 0.29) is 0 Å². The quantitative estimate of drug-likeness (QED) is 0.824. The first kappa shape index (κ1) is 14.1. The molecule has 1 saturated heterocycles. The van der Waals surface area contributed by atoms with Gasteiger partial charge in [-0.25, -0.2) is 0 Å². The minimum Gasteiger partial charge on any atom is -0.329 e. The number of hydrogen-bond acceptors (Lipinski definition) is 3. The average molecular weight is 273 g/mol. The molecule has 2 N–H and O–H groups in total. The summed E-state index contributed by atoms with van der Waals surface area (Å²) >= 11 is 0. The second kappa shape index (κ2) is 6.70. The third kappa shape index (κ3) is 3.81. The van der Waals surface area contributed by atoms with Crippen LogP contribution >= 0.6 is 0 Å². The zero-order chi connectivity index (χ0) is 13.8. The fourth-order valence-electron chi connectivity index (χ4n) is 3.38. The van der Waals surface area contributed by atoms with E-state index < -0.39 is 0 Å². The predicted molar refractivity (Wildman–Crippen MR) is 83.5 cm³/mol. The van der Waals surface area contributed by atoms with Gasteiger partial charge in [-0.1, -0.05) is 30.3 Å². The highest BCUT2D eigenvalue weighted by atomic mass is 15.2. The van der Waals surface area contributed by atoms with Gasteiger partial charge in [-0.2, -0.15) is 0 Å². The van der Waals surface area contributed by atoms with Crippen molar-refractivity contribution in [3.63, 3.8) is 0 Å². The van der Waals surface area contributed by atoms with Crippen LogP contribution in [0.15, 0.2) is 30.3 Å². The van der Waals surface area contributed by atoms with E-state index in [4.69, 9.17) is 5.73 Å². The van der Waals surface area contributed by atoms with Crippen molar-refractivity contribution < 1.29 is 0 Å². The van der Waals surface area contributed by atoms with Crippen LogP contribution in [0.3, 0.4) is 0 Å². The molecule has 1 aromatic carbocycles. The van der Waals surface area contributed by atoms with E-state index in [1.54, 1.807) is 0 Å². The Bertz CT molecular complexity index is 402. The Labute approximate surface area is 122 Å². The molecule has 2 fully saturated rings. The van der Waals surface area contributed by atoms with Gasteiger partial charge in [0.2, 0.25) is 0 Å². The van der Waals surface area contributed by atoms with Gasteiger partial charge in [0.1, 0.15) is 0 Å². The van der Waals surface area contributed by atoms with E-state index in [0.29, 0.717) is 0 Å². The van der Waals surface area contributed by atoms with Crippen LogP contribution in [0.5, 0.6) is 0 Å². The van der Waals surface area contributed by atoms with Gasteiger partial charge in [-0.05, 0) is 37.3 Å². The number of nitrogens with two attached hydrogens (primary N) is 1. The number of benzene rings is 1. The normalized spacial score (nSPS) is 23.6. The maximum Gasteiger partial charge on any atom is 0.0236 e. The van der Waals surface area contributed by atoms with Crippen molar-refractivity contribution in [3.8, 4) is 0 Å². The molecule has 3 heteroatoms. The van der Waals surface area contributed by atoms with Crippen molar-refractivity contribution in [1.82, 2.24) is 9.80 Å². The van der Waals surface area contributed by atoms with E-state index in [0.717, 1.165) is 31.6 Å². The van der Waals surface area contributed by atoms with Gasteiger partial charge in [0.15, 0.2) is 0 Å². The van der Waals surface area contributed by atoms with Gasteiger partial charge in [0.05, 0.1) is 0 Å². The fraction of sp³-hybridized carbons (Fsp3) is 0.647. The molecule has 1 atom stereocenters. The number of nitrogens with zero attached hydrogens (tertiary/aromatic N) is 2. The Morgan fingerprint density at radius 2 is 1.95 bits per heavy atom. The van der Waals surface area contributed by atoms with Crippen LogP contribution in [0.25, 0.3) is 0 Å². The molecule has 3 nitrogen and oxygen atoms in total. The van der Waals surface area contributed by atoms with E-state index >= 15 is 0 Å². The van der Waals surface area contributed by atoms with Crippen LogP contribution < -0.4 is 5.73 Å². The molecule has 1 aliphatic carbocycles. The van der Waals surface area contributed by atoms with Crippen molar-refractivity contribution in [2.45, 2.75) is 31.8 Å². The zero-order valence-corrected chi connectivity index (χ0v) is 12.4. The summed E-state index contributed by atoms with van der Waals surface area (Å²) in [4.78, 5) is 5.24. The minimum absolute atomic E-state index is 0.795. The Morgan fingerprint density at radius 1 is 1.15 bits per heavy atom.